The van der Waals surface area contributed by atoms with Gasteiger partial charge in [-0.3, -0.25) is 9.62 Å². The summed E-state index contributed by atoms with van der Waals surface area (Å²) in [6, 6.07) is 8.00. The summed E-state index contributed by atoms with van der Waals surface area (Å²) in [6.07, 6.45) is 3.50. The maximum Gasteiger partial charge on any atom is 0.261 e. The van der Waals surface area contributed by atoms with Gasteiger partial charge >= 0.3 is 0 Å². The molecule has 0 radical (unpaired) electrons. The number of nitrogens with zero attached hydrogens (tertiary/aromatic N) is 2. The molecule has 5 rings (SSSR count). The van der Waals surface area contributed by atoms with Crippen LogP contribution in [0.4, 0.5) is 14.5 Å². The highest BCUT2D eigenvalue weighted by Gasteiger charge is 2.67. The summed E-state index contributed by atoms with van der Waals surface area (Å²) in [5.41, 5.74) is 2.08. The molecule has 2 aliphatic heterocycles. The van der Waals surface area contributed by atoms with Crippen molar-refractivity contribution in [3.63, 3.8) is 0 Å². The van der Waals surface area contributed by atoms with Crippen LogP contribution >= 0.6 is 0 Å². The van der Waals surface area contributed by atoms with Crippen molar-refractivity contribution in [2.45, 2.75) is 55.6 Å². The van der Waals surface area contributed by atoms with Crippen LogP contribution in [0.15, 0.2) is 24.3 Å². The summed E-state index contributed by atoms with van der Waals surface area (Å²) in [7, 11) is -3.25. The van der Waals surface area contributed by atoms with Gasteiger partial charge in [-0.25, -0.2) is 17.2 Å². The first kappa shape index (κ1) is 21.6. The quantitative estimate of drug-likeness (QED) is 0.622. The number of anilines is 1. The van der Waals surface area contributed by atoms with E-state index in [0.717, 1.165) is 51.9 Å². The van der Waals surface area contributed by atoms with Crippen molar-refractivity contribution in [1.82, 2.24) is 9.80 Å². The molecule has 2 aliphatic carbocycles. The highest BCUT2D eigenvalue weighted by Crippen LogP contribution is 2.65. The number of benzene rings is 1. The van der Waals surface area contributed by atoms with Crippen LogP contribution in [-0.2, 0) is 15.4 Å². The first-order chi connectivity index (χ1) is 14.7. The third kappa shape index (κ3) is 4.11. The smallest absolute Gasteiger partial charge is 0.261 e. The molecular weight excluding hydrogens is 420 g/mol. The number of hydrogen-bond acceptors (Lipinski definition) is 4. The predicted molar refractivity (Wildman–Crippen MR) is 118 cm³/mol. The summed E-state index contributed by atoms with van der Waals surface area (Å²) in [6.45, 7) is 6.48. The molecule has 4 fully saturated rings. The van der Waals surface area contributed by atoms with Crippen molar-refractivity contribution < 1.29 is 17.2 Å². The first-order valence-electron chi connectivity index (χ1n) is 11.7. The number of rotatable bonds is 9. The van der Waals surface area contributed by atoms with Crippen LogP contribution in [0, 0.1) is 11.8 Å². The summed E-state index contributed by atoms with van der Waals surface area (Å²) in [5, 5.41) is -0.225. The third-order valence-electron chi connectivity index (χ3n) is 8.02. The summed E-state index contributed by atoms with van der Waals surface area (Å²) in [5.74, 6) is -1.30. The van der Waals surface area contributed by atoms with Gasteiger partial charge in [-0.05, 0) is 68.3 Å². The van der Waals surface area contributed by atoms with E-state index in [-0.39, 0.29) is 23.6 Å². The van der Waals surface area contributed by atoms with E-state index in [1.807, 2.05) is 23.1 Å². The molecule has 4 aliphatic rings. The van der Waals surface area contributed by atoms with E-state index in [0.29, 0.717) is 24.1 Å². The average molecular weight is 454 g/mol. The summed E-state index contributed by atoms with van der Waals surface area (Å²) >= 11 is 0. The maximum absolute atomic E-state index is 13.3. The highest BCUT2D eigenvalue weighted by molar-refractivity contribution is 7.93. The molecule has 8 heteroatoms. The molecule has 31 heavy (non-hydrogen) atoms. The lowest BCUT2D eigenvalue weighted by Crippen LogP contribution is -2.33. The van der Waals surface area contributed by atoms with Crippen LogP contribution in [0.5, 0.6) is 0 Å². The molecule has 1 aromatic carbocycles. The number of alkyl halides is 2. The lowest BCUT2D eigenvalue weighted by atomic mass is 9.87. The monoisotopic (exact) mass is 453 g/mol. The fraction of sp³-hybridized carbons (Fsp3) is 0.739. The Labute approximate surface area is 184 Å². The molecule has 2 saturated heterocycles. The predicted octanol–water partition coefficient (Wildman–Crippen LogP) is 3.53. The number of likely N-dealkylation sites (tertiary alicyclic amines) is 2. The zero-order chi connectivity index (χ0) is 21.9. The number of halogens is 2. The topological polar surface area (TPSA) is 52.7 Å². The molecule has 0 spiro atoms. The Balaban J connectivity index is 1.16. The van der Waals surface area contributed by atoms with Crippen LogP contribution in [-0.4, -0.2) is 68.7 Å². The molecule has 2 saturated carbocycles. The van der Waals surface area contributed by atoms with E-state index in [9.17, 15) is 17.2 Å². The number of nitrogens with one attached hydrogen (secondary N) is 1. The Kier molecular flexibility index (Phi) is 5.34. The van der Waals surface area contributed by atoms with Gasteiger partial charge in [0.25, 0.3) is 5.92 Å². The van der Waals surface area contributed by atoms with E-state index >= 15 is 0 Å². The van der Waals surface area contributed by atoms with Gasteiger partial charge in [-0.1, -0.05) is 19.1 Å². The van der Waals surface area contributed by atoms with Crippen molar-refractivity contribution in [3.05, 3.63) is 29.8 Å². The minimum absolute atomic E-state index is 0.00421. The van der Waals surface area contributed by atoms with Gasteiger partial charge in [-0.2, -0.15) is 0 Å². The number of sulfonamides is 1. The van der Waals surface area contributed by atoms with E-state index < -0.39 is 15.9 Å². The second-order valence-electron chi connectivity index (χ2n) is 10.0. The average Bonchev–Trinajstić information content (AvgIpc) is 3.59. The minimum Gasteiger partial charge on any atom is -0.303 e. The lowest BCUT2D eigenvalue weighted by Gasteiger charge is -2.27. The fourth-order valence-corrected chi connectivity index (χ4v) is 7.55. The molecule has 0 amide bonds. The standard InChI is InChI=1S/C23H33F2N3O2S/c1-2-23(17-5-3-6-18(13-17)26-31(29,30)19-7-8-19)20-14-28(15-21(20)23)11-4-10-27-12-9-22(24,25)16-27/h3,5-6,13,19-21,26H,2,4,7-12,14-16H2,1H3/t20-,21+,23+. The molecule has 2 heterocycles. The zero-order valence-corrected chi connectivity index (χ0v) is 19.0. The normalized spacial score (nSPS) is 32.9. The van der Waals surface area contributed by atoms with Gasteiger partial charge in [0.2, 0.25) is 10.0 Å². The largest absolute Gasteiger partial charge is 0.303 e. The SMILES string of the molecule is CC[C@]1(c2cccc(NS(=O)(=O)C3CC3)c2)[C@@H]2CN(CCCN3CCC(F)(F)C3)C[C@@H]21. The van der Waals surface area contributed by atoms with Gasteiger partial charge in [0.05, 0.1) is 11.8 Å². The number of fused-ring (bicyclic) bond motifs is 1. The molecule has 5 nitrogen and oxygen atoms in total. The van der Waals surface area contributed by atoms with Crippen LogP contribution in [0.3, 0.4) is 0 Å². The van der Waals surface area contributed by atoms with Crippen molar-refractivity contribution in [1.29, 1.82) is 0 Å². The second kappa shape index (κ2) is 7.66. The van der Waals surface area contributed by atoms with Crippen molar-refractivity contribution in [2.75, 3.05) is 44.0 Å². The minimum atomic E-state index is -3.25. The third-order valence-corrected chi connectivity index (χ3v) is 9.88. The van der Waals surface area contributed by atoms with E-state index in [2.05, 4.69) is 22.6 Å². The van der Waals surface area contributed by atoms with Gasteiger partial charge in [0.15, 0.2) is 0 Å². The molecule has 0 unspecified atom stereocenters. The highest BCUT2D eigenvalue weighted by atomic mass is 32.2. The summed E-state index contributed by atoms with van der Waals surface area (Å²) in [4.78, 5) is 4.37. The Morgan fingerprint density at radius 1 is 1.13 bits per heavy atom. The Morgan fingerprint density at radius 2 is 1.84 bits per heavy atom. The second-order valence-corrected chi connectivity index (χ2v) is 12.0. The van der Waals surface area contributed by atoms with Crippen molar-refractivity contribution >= 4 is 15.7 Å². The molecule has 172 valence electrons. The van der Waals surface area contributed by atoms with E-state index in [4.69, 9.17) is 0 Å². The molecule has 3 atom stereocenters. The van der Waals surface area contributed by atoms with Crippen LogP contribution in [0.1, 0.15) is 44.6 Å². The molecule has 0 bridgehead atoms. The molecule has 0 aromatic heterocycles. The van der Waals surface area contributed by atoms with Gasteiger partial charge in [-0.15, -0.1) is 0 Å². The Morgan fingerprint density at radius 3 is 2.45 bits per heavy atom. The Bertz CT molecular complexity index is 923. The van der Waals surface area contributed by atoms with Gasteiger partial charge in [0.1, 0.15) is 0 Å². The molecule has 1 N–H and O–H groups in total. The maximum atomic E-state index is 13.3. The van der Waals surface area contributed by atoms with Crippen LogP contribution < -0.4 is 4.72 Å². The van der Waals surface area contributed by atoms with Gasteiger partial charge in [0, 0.05) is 37.2 Å². The van der Waals surface area contributed by atoms with E-state index in [1.54, 1.807) is 0 Å². The fourth-order valence-electron chi connectivity index (χ4n) is 6.17. The molecular formula is C23H33F2N3O2S. The van der Waals surface area contributed by atoms with Crippen LogP contribution in [0.2, 0.25) is 0 Å². The van der Waals surface area contributed by atoms with Gasteiger partial charge < -0.3 is 4.90 Å². The Hall–Kier alpha value is -1.25. The summed E-state index contributed by atoms with van der Waals surface area (Å²) < 4.78 is 54.1. The molecule has 1 aromatic rings. The number of piperidine rings is 1. The zero-order valence-electron chi connectivity index (χ0n) is 18.2. The first-order valence-corrected chi connectivity index (χ1v) is 13.2. The van der Waals surface area contributed by atoms with Crippen molar-refractivity contribution in [3.8, 4) is 0 Å². The van der Waals surface area contributed by atoms with Crippen molar-refractivity contribution in [2.24, 2.45) is 11.8 Å². The lowest BCUT2D eigenvalue weighted by molar-refractivity contribution is 0.0119. The van der Waals surface area contributed by atoms with Crippen LogP contribution in [0.25, 0.3) is 0 Å². The number of hydrogen-bond donors (Lipinski definition) is 1. The van der Waals surface area contributed by atoms with E-state index in [1.165, 1.54) is 5.56 Å².